The number of hydrogen-bond donors (Lipinski definition) is 0. The van der Waals surface area contributed by atoms with Crippen LogP contribution >= 0.6 is 0 Å². The maximum atomic E-state index is 5.01. The van der Waals surface area contributed by atoms with Gasteiger partial charge < -0.3 is 0 Å². The van der Waals surface area contributed by atoms with E-state index in [-0.39, 0.29) is 0 Å². The molecule has 0 saturated heterocycles. The molecule has 3 nitrogen and oxygen atoms in total. The molecule has 0 saturated carbocycles. The Morgan fingerprint density at radius 1 is 0.421 bits per heavy atom. The zero-order chi connectivity index (χ0) is 37.6. The predicted molar refractivity (Wildman–Crippen MR) is 241 cm³/mol. The molecule has 0 aliphatic rings. The molecule has 0 amide bonds. The van der Waals surface area contributed by atoms with Crippen LogP contribution in [0.5, 0.6) is 0 Å². The number of imidazole rings is 1. The second kappa shape index (κ2) is 12.3. The van der Waals surface area contributed by atoms with Gasteiger partial charge in [-0.15, -0.1) is 0 Å². The quantitative estimate of drug-likeness (QED) is 0.165. The Morgan fingerprint density at radius 3 is 1.63 bits per heavy atom. The Morgan fingerprint density at radius 2 is 1.00 bits per heavy atom. The largest absolute Gasteiger partial charge is 0.296 e. The van der Waals surface area contributed by atoms with E-state index >= 15 is 0 Å². The van der Waals surface area contributed by atoms with E-state index in [0.29, 0.717) is 0 Å². The molecule has 0 radical (unpaired) electrons. The molecule has 2 heterocycles. The first-order valence-electron chi connectivity index (χ1n) is 19.8. The van der Waals surface area contributed by atoms with Gasteiger partial charge >= 0.3 is 0 Å². The van der Waals surface area contributed by atoms with Crippen LogP contribution in [-0.2, 0) is 6.42 Å². The van der Waals surface area contributed by atoms with Crippen LogP contribution in [0.1, 0.15) is 12.7 Å². The first-order valence-corrected chi connectivity index (χ1v) is 19.8. The highest BCUT2D eigenvalue weighted by Crippen LogP contribution is 2.44. The minimum atomic E-state index is 0.858. The van der Waals surface area contributed by atoms with Crippen molar-refractivity contribution in [3.8, 4) is 39.2 Å². The molecule has 0 aliphatic heterocycles. The summed E-state index contributed by atoms with van der Waals surface area (Å²) < 4.78 is 2.26. The smallest absolute Gasteiger partial charge is 0.114 e. The highest BCUT2D eigenvalue weighted by Gasteiger charge is 2.17. The predicted octanol–water partition coefficient (Wildman–Crippen LogP) is 14.3. The zero-order valence-corrected chi connectivity index (χ0v) is 31.4. The molecule has 0 unspecified atom stereocenters. The number of benzene rings is 9. The van der Waals surface area contributed by atoms with Gasteiger partial charge in [0.15, 0.2) is 0 Å². The van der Waals surface area contributed by atoms with Crippen LogP contribution in [-0.4, -0.2) is 14.5 Å². The maximum Gasteiger partial charge on any atom is 0.114 e. The van der Waals surface area contributed by atoms with Gasteiger partial charge in [-0.25, -0.2) is 4.98 Å². The van der Waals surface area contributed by atoms with Crippen molar-refractivity contribution in [2.75, 3.05) is 0 Å². The molecule has 12 aromatic rings. The third kappa shape index (κ3) is 4.85. The number of hydrogen-bond acceptors (Lipinski definition) is 2. The molecule has 0 spiro atoms. The highest BCUT2D eigenvalue weighted by molar-refractivity contribution is 6.37. The van der Waals surface area contributed by atoms with Crippen molar-refractivity contribution in [1.82, 2.24) is 14.5 Å². The van der Waals surface area contributed by atoms with Crippen molar-refractivity contribution in [2.24, 2.45) is 0 Å². The molecule has 0 fully saturated rings. The van der Waals surface area contributed by atoms with E-state index in [1.54, 1.807) is 0 Å². The fourth-order valence-electron chi connectivity index (χ4n) is 9.43. The Balaban J connectivity index is 0.948. The van der Waals surface area contributed by atoms with Gasteiger partial charge in [0.1, 0.15) is 5.82 Å². The van der Waals surface area contributed by atoms with Gasteiger partial charge in [-0.2, -0.15) is 0 Å². The van der Waals surface area contributed by atoms with Gasteiger partial charge in [-0.3, -0.25) is 9.55 Å². The zero-order valence-electron chi connectivity index (χ0n) is 31.4. The third-order valence-electron chi connectivity index (χ3n) is 12.1. The Hall–Kier alpha value is -7.36. The van der Waals surface area contributed by atoms with Crippen LogP contribution < -0.4 is 0 Å². The van der Waals surface area contributed by atoms with Gasteiger partial charge in [-0.05, 0) is 124 Å². The molecule has 0 N–H and O–H groups in total. The Bertz CT molecular complexity index is 3520. The summed E-state index contributed by atoms with van der Waals surface area (Å²) >= 11 is 0. The number of rotatable bonds is 5. The first-order chi connectivity index (χ1) is 28.2. The van der Waals surface area contributed by atoms with Gasteiger partial charge in [-0.1, -0.05) is 140 Å². The SMILES string of the molecule is CCc1nc2cc(-c3ccc(-c4ccc(-c5cc6ccc7cccc8c9cccc%10ccc%11cccc(c(c5)c6c78)c%11c%109)cc4)nc3)ccc2n1-c1ccccc1. The van der Waals surface area contributed by atoms with E-state index in [1.807, 2.05) is 6.20 Å². The number of pyridine rings is 1. The van der Waals surface area contributed by atoms with Crippen molar-refractivity contribution in [3.05, 3.63) is 188 Å². The number of nitrogens with zero attached hydrogens (tertiary/aromatic N) is 3. The number of aryl methyl sites for hydroxylation is 1. The number of para-hydroxylation sites is 1. The highest BCUT2D eigenvalue weighted by atomic mass is 15.1. The summed E-state index contributed by atoms with van der Waals surface area (Å²) in [5.74, 6) is 1.06. The maximum absolute atomic E-state index is 5.01. The summed E-state index contributed by atoms with van der Waals surface area (Å²) in [5, 5.41) is 15.5. The van der Waals surface area contributed by atoms with Gasteiger partial charge in [0.05, 0.1) is 16.7 Å². The molecule has 57 heavy (non-hydrogen) atoms. The van der Waals surface area contributed by atoms with Crippen LogP contribution in [0.2, 0.25) is 0 Å². The molecule has 0 atom stereocenters. The van der Waals surface area contributed by atoms with Gasteiger partial charge in [0.2, 0.25) is 0 Å². The summed E-state index contributed by atoms with van der Waals surface area (Å²) in [4.78, 5) is 9.96. The van der Waals surface area contributed by atoms with Crippen LogP contribution in [0.3, 0.4) is 0 Å². The minimum absolute atomic E-state index is 0.858. The average molecular weight is 726 g/mol. The fraction of sp³-hybridized carbons (Fsp3) is 0.0370. The molecule has 266 valence electrons. The van der Waals surface area contributed by atoms with Crippen molar-refractivity contribution < 1.29 is 0 Å². The Labute approximate surface area is 329 Å². The summed E-state index contributed by atoms with van der Waals surface area (Å²) in [6.45, 7) is 2.16. The summed E-state index contributed by atoms with van der Waals surface area (Å²) in [5.41, 5.74) is 9.87. The van der Waals surface area contributed by atoms with E-state index in [0.717, 1.165) is 51.4 Å². The monoisotopic (exact) mass is 725 g/mol. The lowest BCUT2D eigenvalue weighted by Crippen LogP contribution is -1.99. The molecule has 12 rings (SSSR count). The first kappa shape index (κ1) is 31.9. The molecule has 0 aliphatic carbocycles. The van der Waals surface area contributed by atoms with Crippen LogP contribution in [0.15, 0.2) is 182 Å². The van der Waals surface area contributed by atoms with E-state index < -0.39 is 0 Å². The van der Waals surface area contributed by atoms with Crippen LogP contribution in [0.4, 0.5) is 0 Å². The summed E-state index contributed by atoms with van der Waals surface area (Å²) in [6, 6.07) is 64.5. The normalized spacial score (nSPS) is 12.0. The van der Waals surface area contributed by atoms with Crippen molar-refractivity contribution in [2.45, 2.75) is 13.3 Å². The van der Waals surface area contributed by atoms with Crippen LogP contribution in [0, 0.1) is 0 Å². The van der Waals surface area contributed by atoms with E-state index in [4.69, 9.17) is 9.97 Å². The van der Waals surface area contributed by atoms with Crippen molar-refractivity contribution in [1.29, 1.82) is 0 Å². The molecule has 2 aromatic heterocycles. The lowest BCUT2D eigenvalue weighted by atomic mass is 9.86. The van der Waals surface area contributed by atoms with Gasteiger partial charge in [0, 0.05) is 29.4 Å². The van der Waals surface area contributed by atoms with Gasteiger partial charge in [0.25, 0.3) is 0 Å². The molecular weight excluding hydrogens is 691 g/mol. The van der Waals surface area contributed by atoms with Crippen molar-refractivity contribution >= 4 is 75.7 Å². The Kier molecular flexibility index (Phi) is 6.91. The van der Waals surface area contributed by atoms with E-state index in [1.165, 1.54) is 75.8 Å². The minimum Gasteiger partial charge on any atom is -0.296 e. The lowest BCUT2D eigenvalue weighted by Gasteiger charge is -2.17. The van der Waals surface area contributed by atoms with Crippen molar-refractivity contribution in [3.63, 3.8) is 0 Å². The fourth-order valence-corrected chi connectivity index (χ4v) is 9.43. The molecule has 0 bridgehead atoms. The van der Waals surface area contributed by atoms with E-state index in [2.05, 4.69) is 187 Å². The standard InChI is InChI=1S/C54H35N3/c1-2-50-56-48-31-38(26-28-49(48)57(50)42-12-4-3-5-13-42)40-25-27-47(55-32-40)34-19-17-33(18-20-34)41-29-39-24-23-37-10-7-15-44-43-14-6-9-35-21-22-36-11-8-16-45(53(36)51(35)43)46(30-41)54(39)52(37)44/h3-32H,2H2,1H3. The molecular formula is C54H35N3. The van der Waals surface area contributed by atoms with Crippen LogP contribution in [0.25, 0.3) is 115 Å². The third-order valence-corrected chi connectivity index (χ3v) is 12.1. The second-order valence-electron chi connectivity index (χ2n) is 15.2. The summed E-state index contributed by atoms with van der Waals surface area (Å²) in [6.07, 6.45) is 2.84. The molecule has 10 aromatic carbocycles. The summed E-state index contributed by atoms with van der Waals surface area (Å²) in [7, 11) is 0. The molecule has 3 heteroatoms. The lowest BCUT2D eigenvalue weighted by molar-refractivity contribution is 0.908. The second-order valence-corrected chi connectivity index (χ2v) is 15.2. The number of aromatic nitrogens is 3. The average Bonchev–Trinajstić information content (AvgIpc) is 3.66. The topological polar surface area (TPSA) is 30.7 Å². The number of fused-ring (bicyclic) bond motifs is 3. The van der Waals surface area contributed by atoms with E-state index in [9.17, 15) is 0 Å².